The fourth-order valence-electron chi connectivity index (χ4n) is 4.94. The third-order valence-electron chi connectivity index (χ3n) is 6.76. The Bertz CT molecular complexity index is 429. The summed E-state index contributed by atoms with van der Waals surface area (Å²) in [5.41, 5.74) is 0. The van der Waals surface area contributed by atoms with Gasteiger partial charge in [0.15, 0.2) is 0 Å². The van der Waals surface area contributed by atoms with E-state index in [4.69, 9.17) is 4.74 Å². The first kappa shape index (κ1) is 19.1. The van der Waals surface area contributed by atoms with Gasteiger partial charge in [0.25, 0.3) is 0 Å². The smallest absolute Gasteiger partial charge is 0.225 e. The number of carbonyl (C=O) groups is 1. The molecule has 2 heterocycles. The molecule has 1 aliphatic carbocycles. The van der Waals surface area contributed by atoms with Crippen molar-refractivity contribution in [2.24, 2.45) is 11.8 Å². The zero-order valence-corrected chi connectivity index (χ0v) is 16.0. The first-order valence-corrected chi connectivity index (χ1v) is 10.3. The molecule has 2 saturated heterocycles. The maximum absolute atomic E-state index is 12.8. The zero-order chi connectivity index (χ0) is 17.8. The summed E-state index contributed by atoms with van der Waals surface area (Å²) in [5.74, 6) is 1.32. The molecule has 144 valence electrons. The van der Waals surface area contributed by atoms with E-state index >= 15 is 0 Å². The fraction of sp³-hybridized carbons (Fsp3) is 0.950. The lowest BCUT2D eigenvalue weighted by Crippen LogP contribution is -2.48. The van der Waals surface area contributed by atoms with Gasteiger partial charge in [-0.05, 0) is 64.2 Å². The molecular weight excluding hydrogens is 316 g/mol. The molecule has 1 saturated carbocycles. The van der Waals surface area contributed by atoms with Crippen molar-refractivity contribution in [1.29, 1.82) is 0 Å². The van der Waals surface area contributed by atoms with Gasteiger partial charge in [0.05, 0.1) is 12.2 Å². The van der Waals surface area contributed by atoms with Gasteiger partial charge in [0, 0.05) is 45.2 Å². The normalized spacial score (nSPS) is 35.7. The summed E-state index contributed by atoms with van der Waals surface area (Å²) in [6, 6.07) is 0.486. The molecule has 5 heteroatoms. The van der Waals surface area contributed by atoms with Crippen molar-refractivity contribution in [3.63, 3.8) is 0 Å². The molecule has 1 amide bonds. The lowest BCUT2D eigenvalue weighted by atomic mass is 9.85. The van der Waals surface area contributed by atoms with Gasteiger partial charge >= 0.3 is 0 Å². The van der Waals surface area contributed by atoms with Crippen LogP contribution in [0.5, 0.6) is 0 Å². The summed E-state index contributed by atoms with van der Waals surface area (Å²) in [5, 5.41) is 9.78. The average molecular weight is 353 g/mol. The number of hydrogen-bond acceptors (Lipinski definition) is 4. The largest absolute Gasteiger partial charge is 0.393 e. The van der Waals surface area contributed by atoms with E-state index in [1.807, 2.05) is 0 Å². The molecule has 3 rings (SSSR count). The van der Waals surface area contributed by atoms with Crippen LogP contribution in [0.1, 0.15) is 58.3 Å². The van der Waals surface area contributed by atoms with Gasteiger partial charge in [-0.3, -0.25) is 4.79 Å². The topological polar surface area (TPSA) is 53.0 Å². The molecule has 25 heavy (non-hydrogen) atoms. The third-order valence-corrected chi connectivity index (χ3v) is 6.76. The second-order valence-electron chi connectivity index (χ2n) is 8.50. The Morgan fingerprint density at radius 3 is 2.32 bits per heavy atom. The molecule has 0 spiro atoms. The van der Waals surface area contributed by atoms with Crippen LogP contribution in [-0.4, -0.2) is 72.4 Å². The van der Waals surface area contributed by atoms with Crippen molar-refractivity contribution in [2.45, 2.75) is 76.5 Å². The van der Waals surface area contributed by atoms with E-state index in [9.17, 15) is 9.90 Å². The van der Waals surface area contributed by atoms with Crippen molar-refractivity contribution in [1.82, 2.24) is 9.80 Å². The predicted molar refractivity (Wildman–Crippen MR) is 98.3 cm³/mol. The summed E-state index contributed by atoms with van der Waals surface area (Å²) in [4.78, 5) is 17.4. The Morgan fingerprint density at radius 1 is 1.04 bits per heavy atom. The molecule has 0 aromatic heterocycles. The van der Waals surface area contributed by atoms with Crippen LogP contribution in [-0.2, 0) is 9.53 Å². The van der Waals surface area contributed by atoms with Gasteiger partial charge in [-0.15, -0.1) is 0 Å². The van der Waals surface area contributed by atoms with Crippen LogP contribution < -0.4 is 0 Å². The Labute approximate surface area is 152 Å². The highest BCUT2D eigenvalue weighted by Gasteiger charge is 2.33. The van der Waals surface area contributed by atoms with E-state index in [-0.39, 0.29) is 12.0 Å². The molecule has 5 nitrogen and oxygen atoms in total. The van der Waals surface area contributed by atoms with Crippen LogP contribution in [0.4, 0.5) is 0 Å². The molecule has 0 bridgehead atoms. The number of piperidine rings is 2. The number of rotatable bonds is 4. The maximum Gasteiger partial charge on any atom is 0.225 e. The van der Waals surface area contributed by atoms with Gasteiger partial charge in [-0.2, -0.15) is 0 Å². The van der Waals surface area contributed by atoms with E-state index in [1.165, 1.54) is 0 Å². The number of carbonyl (C=O) groups excluding carboxylic acids is 1. The van der Waals surface area contributed by atoms with Crippen molar-refractivity contribution >= 4 is 5.91 Å². The summed E-state index contributed by atoms with van der Waals surface area (Å²) in [6.45, 7) is 6.24. The molecule has 3 fully saturated rings. The minimum absolute atomic E-state index is 0.112. The Balaban J connectivity index is 1.40. The molecule has 0 aromatic carbocycles. The van der Waals surface area contributed by atoms with Crippen LogP contribution in [0.25, 0.3) is 0 Å². The van der Waals surface area contributed by atoms with E-state index in [0.717, 1.165) is 77.5 Å². The number of nitrogens with zero attached hydrogens (tertiary/aromatic N) is 2. The molecular formula is C20H36N2O3. The van der Waals surface area contributed by atoms with Crippen molar-refractivity contribution in [3.8, 4) is 0 Å². The van der Waals surface area contributed by atoms with Crippen LogP contribution in [0.3, 0.4) is 0 Å². The van der Waals surface area contributed by atoms with Gasteiger partial charge < -0.3 is 19.6 Å². The number of aliphatic hydroxyl groups excluding tert-OH is 1. The molecule has 3 aliphatic rings. The van der Waals surface area contributed by atoms with Gasteiger partial charge in [-0.25, -0.2) is 0 Å². The predicted octanol–water partition coefficient (Wildman–Crippen LogP) is 2.28. The number of aliphatic hydroxyl groups is 1. The third kappa shape index (κ3) is 4.95. The number of likely N-dealkylation sites (tertiary alicyclic amines) is 2. The van der Waals surface area contributed by atoms with Gasteiger partial charge in [-0.1, -0.05) is 0 Å². The van der Waals surface area contributed by atoms with Crippen LogP contribution in [0.2, 0.25) is 0 Å². The molecule has 0 radical (unpaired) electrons. The standard InChI is InChI=1S/C20H36N2O3/c1-15-13-18(23)9-12-22(15)14-16-7-10-21(11-8-16)20(24)17-3-5-19(25-2)6-4-17/h15-19,23H,3-14H2,1-2H3. The Morgan fingerprint density at radius 2 is 1.72 bits per heavy atom. The second kappa shape index (κ2) is 8.83. The first-order chi connectivity index (χ1) is 12.1. The minimum atomic E-state index is -0.112. The number of ether oxygens (including phenoxy) is 1. The summed E-state index contributed by atoms with van der Waals surface area (Å²) < 4.78 is 5.42. The van der Waals surface area contributed by atoms with E-state index in [2.05, 4.69) is 16.7 Å². The van der Waals surface area contributed by atoms with Gasteiger partial charge in [0.1, 0.15) is 0 Å². The summed E-state index contributed by atoms with van der Waals surface area (Å²) in [7, 11) is 1.78. The van der Waals surface area contributed by atoms with Crippen LogP contribution >= 0.6 is 0 Å². The van der Waals surface area contributed by atoms with Gasteiger partial charge in [0.2, 0.25) is 5.91 Å². The monoisotopic (exact) mass is 352 g/mol. The first-order valence-electron chi connectivity index (χ1n) is 10.3. The van der Waals surface area contributed by atoms with Crippen molar-refractivity contribution < 1.29 is 14.6 Å². The number of hydrogen-bond donors (Lipinski definition) is 1. The maximum atomic E-state index is 12.8. The summed E-state index contributed by atoms with van der Waals surface area (Å²) >= 11 is 0. The summed E-state index contributed by atoms with van der Waals surface area (Å²) in [6.07, 6.45) is 8.36. The fourth-order valence-corrected chi connectivity index (χ4v) is 4.94. The van der Waals surface area contributed by atoms with Crippen LogP contribution in [0.15, 0.2) is 0 Å². The highest BCUT2D eigenvalue weighted by Crippen LogP contribution is 2.29. The quantitative estimate of drug-likeness (QED) is 0.843. The highest BCUT2D eigenvalue weighted by atomic mass is 16.5. The molecule has 2 aliphatic heterocycles. The van der Waals surface area contributed by atoms with E-state index < -0.39 is 0 Å². The Hall–Kier alpha value is -0.650. The molecule has 2 unspecified atom stereocenters. The number of amides is 1. The average Bonchev–Trinajstić information content (AvgIpc) is 2.64. The van der Waals surface area contributed by atoms with E-state index in [0.29, 0.717) is 24.0 Å². The second-order valence-corrected chi connectivity index (χ2v) is 8.50. The SMILES string of the molecule is COC1CCC(C(=O)N2CCC(CN3CCC(O)CC3C)CC2)CC1. The Kier molecular flexibility index (Phi) is 6.75. The van der Waals surface area contributed by atoms with E-state index in [1.54, 1.807) is 7.11 Å². The lowest BCUT2D eigenvalue weighted by Gasteiger charge is -2.41. The minimum Gasteiger partial charge on any atom is -0.393 e. The van der Waals surface area contributed by atoms with Crippen molar-refractivity contribution in [3.05, 3.63) is 0 Å². The molecule has 0 aromatic rings. The molecule has 2 atom stereocenters. The lowest BCUT2D eigenvalue weighted by molar-refractivity contribution is -0.139. The zero-order valence-electron chi connectivity index (χ0n) is 16.0. The molecule has 1 N–H and O–H groups in total. The highest BCUT2D eigenvalue weighted by molar-refractivity contribution is 5.79. The van der Waals surface area contributed by atoms with Crippen molar-refractivity contribution in [2.75, 3.05) is 33.3 Å². The van der Waals surface area contributed by atoms with Crippen LogP contribution in [0, 0.1) is 11.8 Å². The number of methoxy groups -OCH3 is 1.